The van der Waals surface area contributed by atoms with Crippen LogP contribution in [-0.2, 0) is 27.2 Å². The molecule has 1 aromatic heterocycles. The van der Waals surface area contributed by atoms with E-state index in [1.165, 1.54) is 12.5 Å². The van der Waals surface area contributed by atoms with Gasteiger partial charge >= 0.3 is 11.8 Å². The van der Waals surface area contributed by atoms with Gasteiger partial charge in [-0.05, 0) is 55.0 Å². The molecular weight excluding hydrogens is 374 g/mol. The number of nitrogens with zero attached hydrogens (tertiary/aromatic N) is 1. The van der Waals surface area contributed by atoms with Crippen molar-refractivity contribution in [3.8, 4) is 0 Å². The zero-order valence-electron chi connectivity index (χ0n) is 15.9. The molecule has 2 aliphatic rings. The summed E-state index contributed by atoms with van der Waals surface area (Å²) in [6.07, 6.45) is 5.23. The van der Waals surface area contributed by atoms with Gasteiger partial charge in [-0.25, -0.2) is 0 Å². The smallest absolute Gasteiger partial charge is 0.313 e. The molecule has 2 aromatic rings. The van der Waals surface area contributed by atoms with Gasteiger partial charge in [0.2, 0.25) is 5.91 Å². The van der Waals surface area contributed by atoms with Crippen LogP contribution in [0.4, 0.5) is 11.4 Å². The molecule has 2 aliphatic heterocycles. The normalized spacial score (nSPS) is 16.2. The van der Waals surface area contributed by atoms with Crippen molar-refractivity contribution in [2.24, 2.45) is 0 Å². The minimum absolute atomic E-state index is 0.146. The molecule has 1 atom stereocenters. The summed E-state index contributed by atoms with van der Waals surface area (Å²) in [6, 6.07) is 5.34. The van der Waals surface area contributed by atoms with Crippen molar-refractivity contribution in [2.75, 3.05) is 23.3 Å². The van der Waals surface area contributed by atoms with E-state index in [0.717, 1.165) is 36.2 Å². The first-order valence-electron chi connectivity index (χ1n) is 9.78. The Hall–Kier alpha value is -3.13. The minimum atomic E-state index is -0.767. The number of carbonyl (C=O) groups is 3. The second-order valence-corrected chi connectivity index (χ2v) is 7.36. The molecular formula is C21H23N3O5. The predicted molar refractivity (Wildman–Crippen MR) is 105 cm³/mol. The van der Waals surface area contributed by atoms with Gasteiger partial charge in [0.1, 0.15) is 0 Å². The first-order valence-corrected chi connectivity index (χ1v) is 9.78. The zero-order valence-corrected chi connectivity index (χ0v) is 15.9. The number of rotatable bonds is 5. The maximum absolute atomic E-state index is 12.2. The third-order valence-electron chi connectivity index (χ3n) is 5.37. The number of furan rings is 1. The van der Waals surface area contributed by atoms with E-state index in [4.69, 9.17) is 4.42 Å². The molecule has 0 fully saturated rings. The van der Waals surface area contributed by atoms with Crippen LogP contribution < -0.4 is 15.5 Å². The fourth-order valence-electron chi connectivity index (χ4n) is 3.95. The predicted octanol–water partition coefficient (Wildman–Crippen LogP) is 1.68. The number of hydrogen-bond donors (Lipinski definition) is 3. The van der Waals surface area contributed by atoms with E-state index >= 15 is 0 Å². The monoisotopic (exact) mass is 397 g/mol. The summed E-state index contributed by atoms with van der Waals surface area (Å²) in [5.41, 5.74) is 4.22. The molecule has 0 spiro atoms. The summed E-state index contributed by atoms with van der Waals surface area (Å²) in [5.74, 6) is -1.37. The Bertz CT molecular complexity index is 921. The molecule has 3 N–H and O–H groups in total. The Labute approximate surface area is 167 Å². The fraction of sp³-hybridized carbons (Fsp3) is 0.381. The number of aliphatic hydroxyl groups excluding tert-OH is 1. The quantitative estimate of drug-likeness (QED) is 0.665. The highest BCUT2D eigenvalue weighted by atomic mass is 16.3. The molecule has 0 radical (unpaired) electrons. The van der Waals surface area contributed by atoms with Crippen LogP contribution in [0.5, 0.6) is 0 Å². The van der Waals surface area contributed by atoms with Crippen LogP contribution in [0.3, 0.4) is 0 Å². The average molecular weight is 397 g/mol. The maximum atomic E-state index is 12.2. The highest BCUT2D eigenvalue weighted by Crippen LogP contribution is 2.37. The summed E-state index contributed by atoms with van der Waals surface area (Å²) in [7, 11) is 0. The third-order valence-corrected chi connectivity index (χ3v) is 5.37. The SMILES string of the molecule is O=C(NCC[C@@H](O)c1ccoc1)C(=O)Nc1cc2c3c(c1)CCC(=O)N3CCC2. The number of hydrogen-bond acceptors (Lipinski definition) is 5. The molecule has 0 aliphatic carbocycles. The lowest BCUT2D eigenvalue weighted by Gasteiger charge is -2.35. The molecule has 3 amide bonds. The Morgan fingerprint density at radius 1 is 1.17 bits per heavy atom. The lowest BCUT2D eigenvalue weighted by molar-refractivity contribution is -0.136. The maximum Gasteiger partial charge on any atom is 0.313 e. The second-order valence-electron chi connectivity index (χ2n) is 7.36. The van der Waals surface area contributed by atoms with E-state index in [9.17, 15) is 19.5 Å². The van der Waals surface area contributed by atoms with Crippen molar-refractivity contribution >= 4 is 29.1 Å². The average Bonchev–Trinajstić information content (AvgIpc) is 3.25. The number of aliphatic hydroxyl groups is 1. The number of amides is 3. The minimum Gasteiger partial charge on any atom is -0.472 e. The number of benzene rings is 1. The largest absolute Gasteiger partial charge is 0.472 e. The van der Waals surface area contributed by atoms with Gasteiger partial charge in [0.25, 0.3) is 0 Å². The van der Waals surface area contributed by atoms with Gasteiger partial charge in [0, 0.05) is 30.8 Å². The van der Waals surface area contributed by atoms with Crippen LogP contribution in [-0.4, -0.2) is 35.9 Å². The number of aryl methyl sites for hydroxylation is 2. The van der Waals surface area contributed by atoms with Crippen molar-refractivity contribution in [3.63, 3.8) is 0 Å². The van der Waals surface area contributed by atoms with Crippen molar-refractivity contribution in [3.05, 3.63) is 47.4 Å². The van der Waals surface area contributed by atoms with Crippen molar-refractivity contribution in [2.45, 2.75) is 38.2 Å². The highest BCUT2D eigenvalue weighted by Gasteiger charge is 2.30. The van der Waals surface area contributed by atoms with E-state index in [0.29, 0.717) is 24.1 Å². The van der Waals surface area contributed by atoms with Crippen LogP contribution in [0.1, 0.15) is 42.1 Å². The van der Waals surface area contributed by atoms with Crippen molar-refractivity contribution in [1.82, 2.24) is 5.32 Å². The van der Waals surface area contributed by atoms with Crippen LogP contribution >= 0.6 is 0 Å². The molecule has 29 heavy (non-hydrogen) atoms. The molecule has 1 aromatic carbocycles. The van der Waals surface area contributed by atoms with E-state index in [2.05, 4.69) is 10.6 Å². The Balaban J connectivity index is 1.36. The number of nitrogens with one attached hydrogen (secondary N) is 2. The molecule has 3 heterocycles. The molecule has 0 bridgehead atoms. The van der Waals surface area contributed by atoms with Crippen molar-refractivity contribution < 1.29 is 23.9 Å². The summed E-state index contributed by atoms with van der Waals surface area (Å²) in [5, 5.41) is 15.1. The van der Waals surface area contributed by atoms with Gasteiger partial charge in [0.05, 0.1) is 24.3 Å². The van der Waals surface area contributed by atoms with Crippen LogP contribution in [0.25, 0.3) is 0 Å². The molecule has 0 unspecified atom stereocenters. The molecule has 8 nitrogen and oxygen atoms in total. The van der Waals surface area contributed by atoms with Gasteiger partial charge in [-0.3, -0.25) is 14.4 Å². The highest BCUT2D eigenvalue weighted by molar-refractivity contribution is 6.39. The van der Waals surface area contributed by atoms with E-state index in [-0.39, 0.29) is 18.9 Å². The molecule has 4 rings (SSSR count). The Kier molecular flexibility index (Phi) is 5.35. The standard InChI is InChI=1S/C21H23N3O5/c25-17(15-6-9-29-12-15)5-7-22-20(27)21(28)23-16-10-13-2-1-8-24-18(26)4-3-14(11-16)19(13)24/h6,9-12,17,25H,1-5,7-8H2,(H,22,27)(H,23,28)/t17-/m1/s1. The molecule has 0 saturated heterocycles. The second kappa shape index (κ2) is 8.08. The van der Waals surface area contributed by atoms with Gasteiger partial charge in [-0.1, -0.05) is 0 Å². The topological polar surface area (TPSA) is 112 Å². The van der Waals surface area contributed by atoms with E-state index in [1.54, 1.807) is 6.07 Å². The molecule has 0 saturated carbocycles. The summed E-state index contributed by atoms with van der Waals surface area (Å²) in [4.78, 5) is 38.3. The summed E-state index contributed by atoms with van der Waals surface area (Å²) < 4.78 is 4.91. The first-order chi connectivity index (χ1) is 14.0. The van der Waals surface area contributed by atoms with Crippen molar-refractivity contribution in [1.29, 1.82) is 0 Å². The number of carbonyl (C=O) groups excluding carboxylic acids is 3. The number of anilines is 2. The fourth-order valence-corrected chi connectivity index (χ4v) is 3.95. The summed E-state index contributed by atoms with van der Waals surface area (Å²) >= 11 is 0. The van der Waals surface area contributed by atoms with Crippen LogP contribution in [0.15, 0.2) is 35.1 Å². The summed E-state index contributed by atoms with van der Waals surface area (Å²) in [6.45, 7) is 0.892. The first kappa shape index (κ1) is 19.2. The van der Waals surface area contributed by atoms with E-state index < -0.39 is 17.9 Å². The zero-order chi connectivity index (χ0) is 20.4. The Morgan fingerprint density at radius 3 is 2.72 bits per heavy atom. The van der Waals surface area contributed by atoms with Gasteiger partial charge < -0.3 is 25.1 Å². The van der Waals surface area contributed by atoms with E-state index in [1.807, 2.05) is 17.0 Å². The van der Waals surface area contributed by atoms with Gasteiger partial charge in [-0.2, -0.15) is 0 Å². The molecule has 152 valence electrons. The lowest BCUT2D eigenvalue weighted by atomic mass is 9.91. The lowest BCUT2D eigenvalue weighted by Crippen LogP contribution is -2.39. The van der Waals surface area contributed by atoms with Crippen LogP contribution in [0.2, 0.25) is 0 Å². The third kappa shape index (κ3) is 4.02. The van der Waals surface area contributed by atoms with Gasteiger partial charge in [0.15, 0.2) is 0 Å². The van der Waals surface area contributed by atoms with Crippen LogP contribution in [0, 0.1) is 0 Å². The van der Waals surface area contributed by atoms with Gasteiger partial charge in [-0.15, -0.1) is 0 Å². The molecule has 8 heteroatoms. The Morgan fingerprint density at radius 2 is 1.97 bits per heavy atom.